The molecule has 0 amide bonds. The third-order valence-corrected chi connectivity index (χ3v) is 6.86. The number of hydrogen-bond donors (Lipinski definition) is 1. The number of hydrogen-bond acceptors (Lipinski definition) is 2. The summed E-state index contributed by atoms with van der Waals surface area (Å²) in [5.41, 5.74) is 5.63. The number of para-hydroxylation sites is 2. The molecule has 1 atom stereocenters. The van der Waals surface area contributed by atoms with Gasteiger partial charge in [0, 0.05) is 21.3 Å². The number of halogens is 1. The Morgan fingerprint density at radius 1 is 0.900 bits per heavy atom. The van der Waals surface area contributed by atoms with Crippen LogP contribution in [0, 0.1) is 0 Å². The third-order valence-electron chi connectivity index (χ3n) is 6.17. The van der Waals surface area contributed by atoms with Gasteiger partial charge in [0.25, 0.3) is 0 Å². The lowest BCUT2D eigenvalue weighted by atomic mass is 9.80. The average Bonchev–Trinajstić information content (AvgIpc) is 3.29. The van der Waals surface area contributed by atoms with Gasteiger partial charge in [-0.15, -0.1) is 0 Å². The molecule has 1 aliphatic heterocycles. The van der Waals surface area contributed by atoms with Gasteiger partial charge >= 0.3 is 0 Å². The van der Waals surface area contributed by atoms with Gasteiger partial charge in [-0.2, -0.15) is 0 Å². The average molecular weight is 455 g/mol. The van der Waals surface area contributed by atoms with E-state index in [1.54, 1.807) is 0 Å². The summed E-state index contributed by atoms with van der Waals surface area (Å²) in [5.74, 6) is 0.680. The summed E-state index contributed by atoms with van der Waals surface area (Å²) in [6.45, 7) is 0. The second-order valence-electron chi connectivity index (χ2n) is 7.80. The van der Waals surface area contributed by atoms with Crippen LogP contribution >= 0.6 is 15.9 Å². The topological polar surface area (TPSA) is 38.0 Å². The lowest BCUT2D eigenvalue weighted by Gasteiger charge is -2.28. The van der Waals surface area contributed by atoms with Crippen LogP contribution < -0.4 is 0 Å². The predicted molar refractivity (Wildman–Crippen MR) is 124 cm³/mol. The summed E-state index contributed by atoms with van der Waals surface area (Å²) in [5, 5.41) is 12.4. The van der Waals surface area contributed by atoms with E-state index >= 15 is 0 Å². The molecular formula is C26H19BrN2O. The van der Waals surface area contributed by atoms with Crippen LogP contribution in [0.2, 0.25) is 0 Å². The fourth-order valence-electron chi connectivity index (χ4n) is 4.85. The Bertz CT molecular complexity index is 1380. The first-order chi connectivity index (χ1) is 14.7. The summed E-state index contributed by atoms with van der Waals surface area (Å²) in [6, 6.07) is 24.4. The monoisotopic (exact) mass is 454 g/mol. The van der Waals surface area contributed by atoms with Gasteiger partial charge in [0.1, 0.15) is 0 Å². The highest BCUT2D eigenvalue weighted by molar-refractivity contribution is 9.10. The Balaban J connectivity index is 1.70. The molecule has 1 unspecified atom stereocenters. The van der Waals surface area contributed by atoms with Crippen molar-refractivity contribution in [1.29, 1.82) is 0 Å². The minimum Gasteiger partial charge on any atom is -0.373 e. The molecule has 146 valence electrons. The van der Waals surface area contributed by atoms with Crippen molar-refractivity contribution >= 4 is 32.7 Å². The van der Waals surface area contributed by atoms with Crippen LogP contribution in [0.1, 0.15) is 24.2 Å². The standard InChI is InChI=1S/C26H19BrN2O/c27-21-13-5-2-10-18(21)17-9-1-3-11-19(17)26(30)20-12-4-7-15-23(20)29-24-16-8-6-14-22(24)28-25(26)29/h1-6,8-14,16,30H,7,15H2. The van der Waals surface area contributed by atoms with E-state index in [1.165, 1.54) is 0 Å². The molecule has 3 aromatic carbocycles. The molecular weight excluding hydrogens is 436 g/mol. The quantitative estimate of drug-likeness (QED) is 0.387. The number of nitrogens with zero attached hydrogens (tertiary/aromatic N) is 2. The minimum absolute atomic E-state index is 0.680. The largest absolute Gasteiger partial charge is 0.373 e. The fourth-order valence-corrected chi connectivity index (χ4v) is 5.35. The van der Waals surface area contributed by atoms with E-state index in [9.17, 15) is 5.11 Å². The number of aliphatic hydroxyl groups is 1. The van der Waals surface area contributed by atoms with E-state index in [1.807, 2.05) is 54.6 Å². The van der Waals surface area contributed by atoms with Gasteiger partial charge in [0.05, 0.1) is 11.0 Å². The maximum atomic E-state index is 12.4. The molecule has 0 radical (unpaired) electrons. The molecule has 4 aromatic rings. The molecule has 2 heterocycles. The predicted octanol–water partition coefficient (Wildman–Crippen LogP) is 6.28. The highest BCUT2D eigenvalue weighted by Crippen LogP contribution is 2.51. The summed E-state index contributed by atoms with van der Waals surface area (Å²) in [4.78, 5) is 4.93. The van der Waals surface area contributed by atoms with Crippen molar-refractivity contribution < 1.29 is 5.11 Å². The maximum Gasteiger partial charge on any atom is 0.175 e. The number of allylic oxidation sites excluding steroid dienone is 2. The SMILES string of the molecule is OC1(c2ccccc2-c2ccccc2Br)C2=C(CCC=C2)n2c1nc1ccccc12. The third kappa shape index (κ3) is 2.32. The highest BCUT2D eigenvalue weighted by Gasteiger charge is 2.48. The van der Waals surface area contributed by atoms with Gasteiger partial charge in [0.15, 0.2) is 11.4 Å². The molecule has 1 N–H and O–H groups in total. The van der Waals surface area contributed by atoms with Crippen LogP contribution in [0.4, 0.5) is 0 Å². The zero-order chi connectivity index (χ0) is 20.3. The first-order valence-electron chi connectivity index (χ1n) is 10.1. The molecule has 3 nitrogen and oxygen atoms in total. The van der Waals surface area contributed by atoms with Crippen molar-refractivity contribution in [3.05, 3.63) is 106 Å². The molecule has 1 aliphatic carbocycles. The van der Waals surface area contributed by atoms with E-state index in [0.29, 0.717) is 5.82 Å². The number of aromatic nitrogens is 2. The van der Waals surface area contributed by atoms with Gasteiger partial charge in [-0.1, -0.05) is 82.7 Å². The Kier molecular flexibility index (Phi) is 3.89. The Morgan fingerprint density at radius 3 is 2.50 bits per heavy atom. The van der Waals surface area contributed by atoms with Gasteiger partial charge in [-0.3, -0.25) is 4.57 Å². The summed E-state index contributed by atoms with van der Waals surface area (Å²) < 4.78 is 3.17. The highest BCUT2D eigenvalue weighted by atomic mass is 79.9. The second kappa shape index (κ2) is 6.53. The number of rotatable bonds is 2. The molecule has 6 rings (SSSR count). The minimum atomic E-state index is -1.31. The molecule has 2 aliphatic rings. The molecule has 0 saturated carbocycles. The smallest absolute Gasteiger partial charge is 0.175 e. The van der Waals surface area contributed by atoms with Crippen LogP contribution in [-0.4, -0.2) is 14.7 Å². The van der Waals surface area contributed by atoms with E-state index in [2.05, 4.69) is 50.8 Å². The van der Waals surface area contributed by atoms with Gasteiger partial charge in [-0.05, 0) is 42.2 Å². The number of fused-ring (bicyclic) bond motifs is 4. The summed E-state index contributed by atoms with van der Waals surface area (Å²) in [6.07, 6.45) is 6.09. The lowest BCUT2D eigenvalue weighted by molar-refractivity contribution is 0.121. The zero-order valence-corrected chi connectivity index (χ0v) is 17.8. The van der Waals surface area contributed by atoms with Gasteiger partial charge in [-0.25, -0.2) is 4.98 Å². The van der Waals surface area contributed by atoms with Crippen molar-refractivity contribution in [2.24, 2.45) is 0 Å². The fraction of sp³-hybridized carbons (Fsp3) is 0.115. The molecule has 4 heteroatoms. The van der Waals surface area contributed by atoms with Crippen molar-refractivity contribution in [1.82, 2.24) is 9.55 Å². The van der Waals surface area contributed by atoms with Crippen molar-refractivity contribution in [3.8, 4) is 11.1 Å². The van der Waals surface area contributed by atoms with E-state index < -0.39 is 5.60 Å². The van der Waals surface area contributed by atoms with Gasteiger partial charge < -0.3 is 5.11 Å². The first-order valence-corrected chi connectivity index (χ1v) is 10.9. The zero-order valence-electron chi connectivity index (χ0n) is 16.2. The first kappa shape index (κ1) is 17.9. The lowest BCUT2D eigenvalue weighted by Crippen LogP contribution is -2.29. The molecule has 0 spiro atoms. The van der Waals surface area contributed by atoms with Crippen molar-refractivity contribution in [2.45, 2.75) is 18.4 Å². The summed E-state index contributed by atoms with van der Waals surface area (Å²) in [7, 11) is 0. The Labute approximate surface area is 183 Å². The van der Waals surface area contributed by atoms with Crippen molar-refractivity contribution in [3.63, 3.8) is 0 Å². The molecule has 30 heavy (non-hydrogen) atoms. The number of imidazole rings is 1. The molecule has 0 bridgehead atoms. The van der Waals surface area contributed by atoms with Crippen LogP contribution in [0.15, 0.2) is 95.0 Å². The van der Waals surface area contributed by atoms with Crippen LogP contribution in [0.3, 0.4) is 0 Å². The van der Waals surface area contributed by atoms with Crippen LogP contribution in [0.25, 0.3) is 27.9 Å². The van der Waals surface area contributed by atoms with E-state index in [0.717, 1.165) is 56.3 Å². The maximum absolute atomic E-state index is 12.4. The van der Waals surface area contributed by atoms with E-state index in [-0.39, 0.29) is 0 Å². The van der Waals surface area contributed by atoms with E-state index in [4.69, 9.17) is 4.98 Å². The summed E-state index contributed by atoms with van der Waals surface area (Å²) >= 11 is 3.69. The van der Waals surface area contributed by atoms with Gasteiger partial charge in [0.2, 0.25) is 0 Å². The van der Waals surface area contributed by atoms with Crippen molar-refractivity contribution in [2.75, 3.05) is 0 Å². The second-order valence-corrected chi connectivity index (χ2v) is 8.65. The molecule has 1 aromatic heterocycles. The number of benzene rings is 3. The Hall–Kier alpha value is -2.95. The molecule has 0 fully saturated rings. The normalized spacial score (nSPS) is 19.9. The molecule has 0 saturated heterocycles. The van der Waals surface area contributed by atoms with Crippen LogP contribution in [0.5, 0.6) is 0 Å². The van der Waals surface area contributed by atoms with Crippen LogP contribution in [-0.2, 0) is 5.60 Å². The Morgan fingerprint density at radius 2 is 1.63 bits per heavy atom.